The standard InChI is InChI=1S/C22H18N4.4CH4O.2Cu.4NO3/c1-5-13-23-17(9-1)21(18-10-2-6-14-24-18)22(19-11-3-7-15-25-19)20-12-4-8-16-26-20;4*1-2;;;4*2-1(3)4/h1-16,21-22H;4*2H,1H3;;;;;;/q;;;;;2*+2;4*-1. The van der Waals surface area contributed by atoms with Gasteiger partial charge in [-0.15, -0.1) is 0 Å². The second kappa shape index (κ2) is 45.3. The van der Waals surface area contributed by atoms with E-state index in [4.69, 9.17) is 81.7 Å². The van der Waals surface area contributed by atoms with Gasteiger partial charge in [0.2, 0.25) is 0 Å². The van der Waals surface area contributed by atoms with Crippen LogP contribution in [0.25, 0.3) is 0 Å². The van der Waals surface area contributed by atoms with Gasteiger partial charge in [-0.2, -0.15) is 0 Å². The Hall–Kier alpha value is -5.72. The molecule has 4 heterocycles. The van der Waals surface area contributed by atoms with Crippen LogP contribution in [0, 0.1) is 61.3 Å². The van der Waals surface area contributed by atoms with Crippen molar-refractivity contribution in [3.63, 3.8) is 0 Å². The van der Waals surface area contributed by atoms with Crippen LogP contribution >= 0.6 is 0 Å². The number of hydrogen-bond donors (Lipinski definition) is 4. The number of aliphatic hydroxyl groups excluding tert-OH is 4. The Morgan fingerprint density at radius 1 is 0.385 bits per heavy atom. The van der Waals surface area contributed by atoms with Crippen molar-refractivity contribution >= 4 is 0 Å². The first-order valence-electron chi connectivity index (χ1n) is 12.5. The van der Waals surface area contributed by atoms with Crippen molar-refractivity contribution in [2.45, 2.75) is 11.8 Å². The van der Waals surface area contributed by atoms with E-state index < -0.39 is 20.3 Å². The summed E-state index contributed by atoms with van der Waals surface area (Å²) in [5.41, 5.74) is 3.81. The van der Waals surface area contributed by atoms with Crippen LogP contribution in [0.5, 0.6) is 0 Å². The Morgan fingerprint density at radius 3 is 0.615 bits per heavy atom. The number of pyridine rings is 4. The van der Waals surface area contributed by atoms with Crippen molar-refractivity contribution in [1.82, 2.24) is 19.9 Å². The van der Waals surface area contributed by atoms with Gasteiger partial charge in [0.25, 0.3) is 0 Å². The van der Waals surface area contributed by atoms with Crippen LogP contribution in [0.2, 0.25) is 0 Å². The molecule has 0 aliphatic rings. The summed E-state index contributed by atoms with van der Waals surface area (Å²) < 4.78 is 0. The Balaban J connectivity index is -0.000000130. The van der Waals surface area contributed by atoms with Crippen molar-refractivity contribution in [1.29, 1.82) is 0 Å². The van der Waals surface area contributed by atoms with Crippen LogP contribution in [0.15, 0.2) is 97.6 Å². The zero-order chi connectivity index (χ0) is 39.9. The maximum absolute atomic E-state index is 8.25. The minimum absolute atomic E-state index is 0. The van der Waals surface area contributed by atoms with Gasteiger partial charge in [0.15, 0.2) is 0 Å². The zero-order valence-electron chi connectivity index (χ0n) is 27.3. The topological polar surface area (TPSA) is 397 Å². The summed E-state index contributed by atoms with van der Waals surface area (Å²) in [6.45, 7) is 0. The summed E-state index contributed by atoms with van der Waals surface area (Å²) in [4.78, 5) is 51.5. The van der Waals surface area contributed by atoms with Gasteiger partial charge in [-0.3, -0.25) is 19.9 Å². The van der Waals surface area contributed by atoms with Gasteiger partial charge in [0.1, 0.15) is 0 Å². The molecule has 24 nitrogen and oxygen atoms in total. The maximum atomic E-state index is 8.25. The largest absolute Gasteiger partial charge is 2.00 e. The molecule has 0 bridgehead atoms. The summed E-state index contributed by atoms with van der Waals surface area (Å²) in [6.07, 6.45) is 7.27. The van der Waals surface area contributed by atoms with E-state index in [2.05, 4.69) is 19.9 Å². The molecule has 4 rings (SSSR count). The molecule has 0 aliphatic heterocycles. The van der Waals surface area contributed by atoms with Crippen molar-refractivity contribution < 1.29 is 74.9 Å². The first kappa shape index (κ1) is 61.5. The quantitative estimate of drug-likeness (QED) is 0.126. The van der Waals surface area contributed by atoms with Gasteiger partial charge >= 0.3 is 34.1 Å². The predicted octanol–water partition coefficient (Wildman–Crippen LogP) is 1.70. The minimum atomic E-state index is -1.75. The molecule has 52 heavy (non-hydrogen) atoms. The summed E-state index contributed by atoms with van der Waals surface area (Å²) in [5.74, 6) is -0.163. The Morgan fingerprint density at radius 2 is 0.519 bits per heavy atom. The van der Waals surface area contributed by atoms with Gasteiger partial charge in [-0.05, 0) is 48.5 Å². The van der Waals surface area contributed by atoms with Gasteiger partial charge in [0.05, 0.1) is 55.0 Å². The van der Waals surface area contributed by atoms with E-state index in [1.165, 1.54) is 0 Å². The zero-order valence-corrected chi connectivity index (χ0v) is 29.1. The number of rotatable bonds is 5. The molecule has 4 aromatic rings. The fraction of sp³-hybridized carbons (Fsp3) is 0.231. The summed E-state index contributed by atoms with van der Waals surface area (Å²) in [5, 5.41) is 87.0. The van der Waals surface area contributed by atoms with Gasteiger partial charge in [-0.25, -0.2) is 0 Å². The van der Waals surface area contributed by atoms with E-state index >= 15 is 0 Å². The van der Waals surface area contributed by atoms with Gasteiger partial charge in [0, 0.05) is 53.2 Å². The normalized spacial score (nSPS) is 7.81. The third-order valence-corrected chi connectivity index (χ3v) is 4.36. The molecule has 2 radical (unpaired) electrons. The van der Waals surface area contributed by atoms with E-state index in [-0.39, 0.29) is 46.0 Å². The molecule has 296 valence electrons. The van der Waals surface area contributed by atoms with Crippen molar-refractivity contribution in [2.75, 3.05) is 28.4 Å². The number of nitrogens with zero attached hydrogens (tertiary/aromatic N) is 8. The Kier molecular flexibility index (Phi) is 53.5. The number of aromatic nitrogens is 4. The van der Waals surface area contributed by atoms with E-state index in [0.29, 0.717) is 0 Å². The van der Waals surface area contributed by atoms with Crippen LogP contribution in [0.1, 0.15) is 34.6 Å². The van der Waals surface area contributed by atoms with Crippen LogP contribution in [0.4, 0.5) is 0 Å². The molecule has 0 amide bonds. The fourth-order valence-electron chi connectivity index (χ4n) is 3.23. The summed E-state index contributed by atoms with van der Waals surface area (Å²) in [7, 11) is 4.00. The Labute approximate surface area is 316 Å². The van der Waals surface area contributed by atoms with E-state index in [1.54, 1.807) is 0 Å². The van der Waals surface area contributed by atoms with E-state index in [9.17, 15) is 0 Å². The fourth-order valence-corrected chi connectivity index (χ4v) is 3.23. The van der Waals surface area contributed by atoms with Crippen molar-refractivity contribution in [3.05, 3.63) is 182 Å². The van der Waals surface area contributed by atoms with E-state index in [0.717, 1.165) is 51.2 Å². The minimum Gasteiger partial charge on any atom is -0.400 e. The summed E-state index contributed by atoms with van der Waals surface area (Å²) >= 11 is 0. The number of aliphatic hydroxyl groups is 4. The van der Waals surface area contributed by atoms with Crippen LogP contribution < -0.4 is 0 Å². The second-order valence-corrected chi connectivity index (χ2v) is 6.87. The molecular weight excluding hydrogens is 807 g/mol. The van der Waals surface area contributed by atoms with E-state index in [1.807, 2.05) is 97.6 Å². The Bertz CT molecular complexity index is 1140. The third-order valence-electron chi connectivity index (χ3n) is 4.36. The summed E-state index contributed by atoms with van der Waals surface area (Å²) in [6, 6.07) is 23.9. The van der Waals surface area contributed by atoms with Crippen molar-refractivity contribution in [3.8, 4) is 0 Å². The molecular formula is C26H34Cu2N8O16. The van der Waals surface area contributed by atoms with Crippen LogP contribution in [-0.2, 0) is 34.1 Å². The molecule has 0 fully saturated rings. The molecule has 0 aliphatic carbocycles. The number of hydrogen-bond acceptors (Lipinski definition) is 20. The molecule has 0 saturated carbocycles. The first-order chi connectivity index (χ1) is 23.9. The van der Waals surface area contributed by atoms with Gasteiger partial charge < -0.3 is 81.7 Å². The average Bonchev–Trinajstić information content (AvgIpc) is 3.11. The van der Waals surface area contributed by atoms with Crippen LogP contribution in [-0.4, -0.2) is 89.1 Å². The molecule has 0 saturated heterocycles. The van der Waals surface area contributed by atoms with Crippen LogP contribution in [0.3, 0.4) is 0 Å². The molecule has 0 aromatic carbocycles. The molecule has 4 N–H and O–H groups in total. The third kappa shape index (κ3) is 38.7. The smallest absolute Gasteiger partial charge is 0.400 e. The molecule has 0 atom stereocenters. The van der Waals surface area contributed by atoms with Crippen molar-refractivity contribution in [2.24, 2.45) is 0 Å². The molecule has 0 unspecified atom stereocenters. The second-order valence-electron chi connectivity index (χ2n) is 6.87. The average molecular weight is 842 g/mol. The monoisotopic (exact) mass is 840 g/mol. The molecule has 26 heteroatoms. The predicted molar refractivity (Wildman–Crippen MR) is 175 cm³/mol. The van der Waals surface area contributed by atoms with Gasteiger partial charge in [-0.1, -0.05) is 24.3 Å². The molecule has 0 spiro atoms. The molecule has 4 aromatic heterocycles. The first-order valence-corrected chi connectivity index (χ1v) is 12.5. The SMILES string of the molecule is CO.CO.CO.CO.O=[N+]([O-])[O-].O=[N+]([O-])[O-].O=[N+]([O-])[O-].O=[N+]([O-])[O-].[Cu+2].[Cu+2].c1ccc(C(c2ccccn2)C(c2ccccn2)c2ccccn2)nc1. The maximum Gasteiger partial charge on any atom is 2.00 e.